The summed E-state index contributed by atoms with van der Waals surface area (Å²) in [6.07, 6.45) is 1.28. The Labute approximate surface area is 122 Å². The van der Waals surface area contributed by atoms with Crippen LogP contribution < -0.4 is 10.0 Å². The predicted octanol–water partition coefficient (Wildman–Crippen LogP) is 1.18. The minimum Gasteiger partial charge on any atom is -0.389 e. The molecule has 2 aromatic rings. The fourth-order valence-corrected chi connectivity index (χ4v) is 3.34. The number of aromatic nitrogens is 2. The second-order valence-electron chi connectivity index (χ2n) is 4.21. The average molecular weight is 310 g/mol. The first kappa shape index (κ1) is 14.5. The standard InChI is InChI=1S/C12H14N4O2S2/c1-8-11(7-14-15-8)20(17,18)16(2)10-6-4-3-5-9(10)12(13)19/h3-7H,1-2H3,(H2,13,19)(H,14,15). The molecule has 0 saturated carbocycles. The van der Waals surface area contributed by atoms with E-state index in [1.165, 1.54) is 13.2 Å². The van der Waals surface area contributed by atoms with E-state index in [9.17, 15) is 8.42 Å². The van der Waals surface area contributed by atoms with Crippen LogP contribution in [0.3, 0.4) is 0 Å². The van der Waals surface area contributed by atoms with Crippen molar-refractivity contribution in [2.45, 2.75) is 11.8 Å². The maximum absolute atomic E-state index is 12.6. The summed E-state index contributed by atoms with van der Waals surface area (Å²) in [6, 6.07) is 6.82. The summed E-state index contributed by atoms with van der Waals surface area (Å²) in [6.45, 7) is 1.65. The van der Waals surface area contributed by atoms with Gasteiger partial charge in [0.2, 0.25) is 0 Å². The number of benzene rings is 1. The van der Waals surface area contributed by atoms with Gasteiger partial charge in [0.15, 0.2) is 0 Å². The third kappa shape index (κ3) is 2.39. The van der Waals surface area contributed by atoms with Gasteiger partial charge in [-0.3, -0.25) is 9.40 Å². The van der Waals surface area contributed by atoms with Gasteiger partial charge in [-0.2, -0.15) is 5.10 Å². The molecule has 20 heavy (non-hydrogen) atoms. The molecule has 0 aliphatic rings. The molecule has 1 aromatic heterocycles. The van der Waals surface area contributed by atoms with Gasteiger partial charge in [0.1, 0.15) is 9.88 Å². The molecule has 0 bridgehead atoms. The molecule has 0 atom stereocenters. The van der Waals surface area contributed by atoms with E-state index in [4.69, 9.17) is 18.0 Å². The lowest BCUT2D eigenvalue weighted by molar-refractivity contribution is 0.594. The van der Waals surface area contributed by atoms with E-state index in [-0.39, 0.29) is 9.88 Å². The molecule has 0 radical (unpaired) electrons. The van der Waals surface area contributed by atoms with Gasteiger partial charge in [-0.1, -0.05) is 24.4 Å². The number of nitrogens with one attached hydrogen (secondary N) is 1. The van der Waals surface area contributed by atoms with Gasteiger partial charge in [-0.05, 0) is 19.1 Å². The Morgan fingerprint density at radius 3 is 2.60 bits per heavy atom. The number of H-pyrrole nitrogens is 1. The van der Waals surface area contributed by atoms with Crippen LogP contribution in [0.25, 0.3) is 0 Å². The molecule has 3 N–H and O–H groups in total. The largest absolute Gasteiger partial charge is 0.389 e. The van der Waals surface area contributed by atoms with E-state index in [0.29, 0.717) is 16.9 Å². The Kier molecular flexibility index (Phi) is 3.78. The lowest BCUT2D eigenvalue weighted by Crippen LogP contribution is -2.29. The Bertz CT molecular complexity index is 752. The summed E-state index contributed by atoms with van der Waals surface area (Å²) < 4.78 is 26.3. The lowest BCUT2D eigenvalue weighted by atomic mass is 10.2. The molecule has 0 amide bonds. The van der Waals surface area contributed by atoms with E-state index in [0.717, 1.165) is 4.31 Å². The zero-order chi connectivity index (χ0) is 14.9. The number of sulfonamides is 1. The van der Waals surface area contributed by atoms with Crippen molar-refractivity contribution in [2.24, 2.45) is 5.73 Å². The molecule has 0 saturated heterocycles. The van der Waals surface area contributed by atoms with Crippen molar-refractivity contribution >= 4 is 32.9 Å². The normalized spacial score (nSPS) is 11.3. The first-order valence-corrected chi connectivity index (χ1v) is 7.58. The van der Waals surface area contributed by atoms with Crippen LogP contribution in [0, 0.1) is 6.92 Å². The summed E-state index contributed by atoms with van der Waals surface area (Å²) in [4.78, 5) is 0.268. The average Bonchev–Trinajstić information content (AvgIpc) is 2.84. The van der Waals surface area contributed by atoms with Crippen LogP contribution in [0.2, 0.25) is 0 Å². The van der Waals surface area contributed by atoms with Gasteiger partial charge < -0.3 is 5.73 Å². The van der Waals surface area contributed by atoms with Crippen LogP contribution >= 0.6 is 12.2 Å². The number of hydrogen-bond acceptors (Lipinski definition) is 4. The summed E-state index contributed by atoms with van der Waals surface area (Å²) in [7, 11) is -2.25. The zero-order valence-corrected chi connectivity index (χ0v) is 12.6. The molecular weight excluding hydrogens is 296 g/mol. The molecule has 106 valence electrons. The monoisotopic (exact) mass is 310 g/mol. The maximum atomic E-state index is 12.6. The predicted molar refractivity (Wildman–Crippen MR) is 81.2 cm³/mol. The zero-order valence-electron chi connectivity index (χ0n) is 11.0. The number of aromatic amines is 1. The lowest BCUT2D eigenvalue weighted by Gasteiger charge is -2.21. The minimum absolute atomic E-state index is 0.123. The highest BCUT2D eigenvalue weighted by molar-refractivity contribution is 7.92. The van der Waals surface area contributed by atoms with Crippen LogP contribution in [0.4, 0.5) is 5.69 Å². The highest BCUT2D eigenvalue weighted by Crippen LogP contribution is 2.26. The third-order valence-electron chi connectivity index (χ3n) is 2.93. The van der Waals surface area contributed by atoms with Crippen molar-refractivity contribution in [1.29, 1.82) is 0 Å². The van der Waals surface area contributed by atoms with Gasteiger partial charge in [-0.25, -0.2) is 8.42 Å². The summed E-state index contributed by atoms with van der Waals surface area (Å²) in [5.41, 5.74) is 7.05. The van der Waals surface area contributed by atoms with Crippen LogP contribution in [-0.4, -0.2) is 30.7 Å². The Morgan fingerprint density at radius 1 is 1.40 bits per heavy atom. The van der Waals surface area contributed by atoms with Gasteiger partial charge in [-0.15, -0.1) is 0 Å². The number of nitrogens with zero attached hydrogens (tertiary/aromatic N) is 2. The van der Waals surface area contributed by atoms with E-state index < -0.39 is 10.0 Å². The van der Waals surface area contributed by atoms with Gasteiger partial charge in [0, 0.05) is 12.6 Å². The molecule has 8 heteroatoms. The van der Waals surface area contributed by atoms with Crippen molar-refractivity contribution in [3.8, 4) is 0 Å². The number of rotatable bonds is 4. The van der Waals surface area contributed by atoms with Crippen molar-refractivity contribution in [1.82, 2.24) is 10.2 Å². The molecule has 0 fully saturated rings. The highest BCUT2D eigenvalue weighted by Gasteiger charge is 2.26. The van der Waals surface area contributed by atoms with Crippen LogP contribution in [0.15, 0.2) is 35.4 Å². The number of hydrogen-bond donors (Lipinski definition) is 2. The topological polar surface area (TPSA) is 92.1 Å². The number of thiocarbonyl (C=S) groups is 1. The number of anilines is 1. The molecular formula is C12H14N4O2S2. The van der Waals surface area contributed by atoms with E-state index in [1.807, 2.05) is 0 Å². The van der Waals surface area contributed by atoms with Crippen molar-refractivity contribution in [3.63, 3.8) is 0 Å². The van der Waals surface area contributed by atoms with Gasteiger partial charge >= 0.3 is 0 Å². The van der Waals surface area contributed by atoms with E-state index in [2.05, 4.69) is 10.2 Å². The van der Waals surface area contributed by atoms with E-state index >= 15 is 0 Å². The minimum atomic E-state index is -3.71. The van der Waals surface area contributed by atoms with Crippen molar-refractivity contribution in [3.05, 3.63) is 41.7 Å². The fraction of sp³-hybridized carbons (Fsp3) is 0.167. The third-order valence-corrected chi connectivity index (χ3v) is 5.04. The first-order chi connectivity index (χ1) is 9.35. The first-order valence-electron chi connectivity index (χ1n) is 5.73. The molecule has 6 nitrogen and oxygen atoms in total. The number of aryl methyl sites for hydroxylation is 1. The van der Waals surface area contributed by atoms with E-state index in [1.54, 1.807) is 31.2 Å². The second kappa shape index (κ2) is 5.22. The molecule has 1 heterocycles. The number of para-hydroxylation sites is 1. The quantitative estimate of drug-likeness (QED) is 0.827. The summed E-state index contributed by atoms with van der Waals surface area (Å²) in [5, 5.41) is 6.35. The number of nitrogens with two attached hydrogens (primary N) is 1. The molecule has 0 aliphatic heterocycles. The SMILES string of the molecule is Cc1[nH]ncc1S(=O)(=O)N(C)c1ccccc1C(N)=S. The summed E-state index contributed by atoms with van der Waals surface area (Å²) in [5.74, 6) is 0. The van der Waals surface area contributed by atoms with Crippen LogP contribution in [0.1, 0.15) is 11.3 Å². The Hall–Kier alpha value is -1.93. The van der Waals surface area contributed by atoms with Gasteiger partial charge in [0.05, 0.1) is 17.6 Å². The Morgan fingerprint density at radius 2 is 2.05 bits per heavy atom. The molecule has 0 aliphatic carbocycles. The van der Waals surface area contributed by atoms with Crippen LogP contribution in [0.5, 0.6) is 0 Å². The molecule has 2 rings (SSSR count). The van der Waals surface area contributed by atoms with Crippen molar-refractivity contribution < 1.29 is 8.42 Å². The van der Waals surface area contributed by atoms with Crippen molar-refractivity contribution in [2.75, 3.05) is 11.4 Å². The summed E-state index contributed by atoms with van der Waals surface area (Å²) >= 11 is 4.96. The second-order valence-corrected chi connectivity index (χ2v) is 6.59. The van der Waals surface area contributed by atoms with Crippen LogP contribution in [-0.2, 0) is 10.0 Å². The maximum Gasteiger partial charge on any atom is 0.267 e. The van der Waals surface area contributed by atoms with Gasteiger partial charge in [0.25, 0.3) is 10.0 Å². The molecule has 1 aromatic carbocycles. The smallest absolute Gasteiger partial charge is 0.267 e. The Balaban J connectivity index is 2.55. The molecule has 0 spiro atoms. The highest BCUT2D eigenvalue weighted by atomic mass is 32.2. The molecule has 0 unspecified atom stereocenters. The fourth-order valence-electron chi connectivity index (χ4n) is 1.83.